The summed E-state index contributed by atoms with van der Waals surface area (Å²) >= 11 is 3.75. The second-order valence-electron chi connectivity index (χ2n) is 2.12. The van der Waals surface area contributed by atoms with E-state index in [9.17, 15) is 8.42 Å². The van der Waals surface area contributed by atoms with Gasteiger partial charge in [-0.15, -0.1) is 6.58 Å². The van der Waals surface area contributed by atoms with Crippen molar-refractivity contribution in [3.8, 4) is 0 Å². The van der Waals surface area contributed by atoms with E-state index in [1.807, 2.05) is 0 Å². The van der Waals surface area contributed by atoms with Crippen molar-refractivity contribution in [2.45, 2.75) is 12.2 Å². The zero-order valence-electron chi connectivity index (χ0n) is 6.97. The molecule has 0 aliphatic carbocycles. The molecule has 1 unspecified atom stereocenters. The van der Waals surface area contributed by atoms with Crippen LogP contribution in [0.5, 0.6) is 0 Å². The van der Waals surface area contributed by atoms with Gasteiger partial charge in [0.25, 0.3) is 10.1 Å². The maximum atomic E-state index is 9.95. The summed E-state index contributed by atoms with van der Waals surface area (Å²) in [5, 5.41) is -0.301. The molecule has 0 aromatic heterocycles. The first-order valence-corrected chi connectivity index (χ1v) is 5.40. The van der Waals surface area contributed by atoms with Crippen molar-refractivity contribution in [1.82, 2.24) is 0 Å². The van der Waals surface area contributed by atoms with Crippen LogP contribution in [-0.4, -0.2) is 30.5 Å². The van der Waals surface area contributed by atoms with Crippen LogP contribution in [0, 0.1) is 0 Å². The Balaban J connectivity index is 0. The fourth-order valence-electron chi connectivity index (χ4n) is 0.305. The maximum Gasteiger partial charge on any atom is 0.265 e. The van der Waals surface area contributed by atoms with Crippen molar-refractivity contribution >= 4 is 22.7 Å². The normalized spacial score (nSPS) is 12.7. The monoisotopic (exact) mass is 213 g/mol. The summed E-state index contributed by atoms with van der Waals surface area (Å²) in [4.78, 5) is 0. The Bertz CT molecular complexity index is 199. The van der Waals surface area contributed by atoms with Gasteiger partial charge in [-0.25, -0.2) is 0 Å². The maximum absolute atomic E-state index is 9.95. The molecular weight excluding hydrogens is 198 g/mol. The molecule has 0 aromatic rings. The Hall–Kier alpha value is -0.0400. The van der Waals surface area contributed by atoms with Gasteiger partial charge in [-0.2, -0.15) is 21.0 Å². The van der Waals surface area contributed by atoms with Crippen molar-refractivity contribution in [3.05, 3.63) is 12.7 Å². The molecule has 0 rings (SSSR count). The summed E-state index contributed by atoms with van der Waals surface area (Å²) in [5.74, 6) is -0.282. The van der Waals surface area contributed by atoms with E-state index in [0.29, 0.717) is 6.54 Å². The third-order valence-corrected chi connectivity index (χ3v) is 1.97. The van der Waals surface area contributed by atoms with Crippen LogP contribution in [0.4, 0.5) is 0 Å². The number of hydrogen-bond donors (Lipinski definition) is 3. The van der Waals surface area contributed by atoms with Gasteiger partial charge in [0.05, 0.1) is 5.75 Å². The van der Waals surface area contributed by atoms with E-state index < -0.39 is 10.1 Å². The minimum atomic E-state index is -3.80. The number of thiol groups is 1. The lowest BCUT2D eigenvalue weighted by Gasteiger charge is -1.96. The molecule has 0 radical (unpaired) electrons. The molecule has 0 amide bonds. The molecule has 0 fully saturated rings. The van der Waals surface area contributed by atoms with Crippen LogP contribution < -0.4 is 5.73 Å². The van der Waals surface area contributed by atoms with Crippen LogP contribution >= 0.6 is 12.6 Å². The van der Waals surface area contributed by atoms with Crippen molar-refractivity contribution in [2.75, 3.05) is 12.3 Å². The highest BCUT2D eigenvalue weighted by Crippen LogP contribution is 1.95. The van der Waals surface area contributed by atoms with Gasteiger partial charge >= 0.3 is 0 Å². The zero-order chi connectivity index (χ0) is 10.2. The van der Waals surface area contributed by atoms with E-state index in [2.05, 4.69) is 19.2 Å². The van der Waals surface area contributed by atoms with E-state index in [4.69, 9.17) is 10.3 Å². The van der Waals surface area contributed by atoms with E-state index in [1.165, 1.54) is 0 Å². The van der Waals surface area contributed by atoms with Crippen LogP contribution in [0.25, 0.3) is 0 Å². The Labute approximate surface area is 79.0 Å². The largest absolute Gasteiger partial charge is 0.327 e. The highest BCUT2D eigenvalue weighted by molar-refractivity contribution is 7.88. The summed E-state index contributed by atoms with van der Waals surface area (Å²) < 4.78 is 28.0. The van der Waals surface area contributed by atoms with Gasteiger partial charge in [0.2, 0.25) is 0 Å². The highest BCUT2D eigenvalue weighted by Gasteiger charge is 2.06. The molecule has 0 heterocycles. The lowest BCUT2D eigenvalue weighted by Crippen LogP contribution is -2.11. The molecule has 0 bridgehead atoms. The first kappa shape index (κ1) is 14.5. The second-order valence-corrected chi connectivity index (χ2v) is 4.50. The first-order valence-electron chi connectivity index (χ1n) is 3.27. The Kier molecular flexibility index (Phi) is 9.17. The van der Waals surface area contributed by atoms with E-state index in [0.717, 1.165) is 0 Å². The second kappa shape index (κ2) is 7.60. The van der Waals surface area contributed by atoms with Crippen LogP contribution in [0.2, 0.25) is 0 Å². The summed E-state index contributed by atoms with van der Waals surface area (Å²) in [6.45, 7) is 5.53. The molecule has 0 saturated heterocycles. The number of hydrogen-bond acceptors (Lipinski definition) is 4. The lowest BCUT2D eigenvalue weighted by molar-refractivity contribution is 0.483. The molecule has 12 heavy (non-hydrogen) atoms. The van der Waals surface area contributed by atoms with Crippen LogP contribution in [0.15, 0.2) is 12.7 Å². The van der Waals surface area contributed by atoms with Gasteiger partial charge in [0, 0.05) is 11.8 Å². The fourth-order valence-corrected chi connectivity index (χ4v) is 1.48. The van der Waals surface area contributed by atoms with Gasteiger partial charge in [-0.05, 0) is 0 Å². The molecule has 1 atom stereocenters. The van der Waals surface area contributed by atoms with Gasteiger partial charge in [0.15, 0.2) is 0 Å². The highest BCUT2D eigenvalue weighted by atomic mass is 32.2. The molecule has 74 valence electrons. The predicted molar refractivity (Wildman–Crippen MR) is 54.1 cm³/mol. The average Bonchev–Trinajstić information content (AvgIpc) is 1.83. The minimum Gasteiger partial charge on any atom is -0.327 e. The van der Waals surface area contributed by atoms with Gasteiger partial charge < -0.3 is 5.73 Å². The van der Waals surface area contributed by atoms with Crippen LogP contribution in [-0.2, 0) is 10.1 Å². The number of nitrogens with two attached hydrogens (primary N) is 1. The Morgan fingerprint density at radius 3 is 2.08 bits per heavy atom. The predicted octanol–water partition coefficient (Wildman–Crippen LogP) is 0.324. The van der Waals surface area contributed by atoms with Gasteiger partial charge in [0.1, 0.15) is 0 Å². The molecular formula is C6H15NO3S2. The van der Waals surface area contributed by atoms with E-state index in [-0.39, 0.29) is 11.0 Å². The van der Waals surface area contributed by atoms with Crippen molar-refractivity contribution in [3.63, 3.8) is 0 Å². The Morgan fingerprint density at radius 2 is 2.08 bits per heavy atom. The molecule has 6 heteroatoms. The van der Waals surface area contributed by atoms with E-state index in [1.54, 1.807) is 13.0 Å². The molecule has 0 aromatic carbocycles. The average molecular weight is 213 g/mol. The van der Waals surface area contributed by atoms with Gasteiger partial charge in [-0.3, -0.25) is 4.55 Å². The molecule has 0 aliphatic heterocycles. The summed E-state index contributed by atoms with van der Waals surface area (Å²) in [6, 6.07) is 0. The Morgan fingerprint density at radius 1 is 1.75 bits per heavy atom. The quantitative estimate of drug-likeness (QED) is 0.358. The minimum absolute atomic E-state index is 0.282. The summed E-state index contributed by atoms with van der Waals surface area (Å²) in [5.41, 5.74) is 4.91. The van der Waals surface area contributed by atoms with Crippen LogP contribution in [0.3, 0.4) is 0 Å². The smallest absolute Gasteiger partial charge is 0.265 e. The standard InChI is InChI=1S/C3H7N.C3H8O3S2/c1-2-3-4;1-3(7)2-8(4,5)6/h2H,1,3-4H2;3,7H,2H2,1H3,(H,4,5,6). The van der Waals surface area contributed by atoms with Crippen molar-refractivity contribution < 1.29 is 13.0 Å². The third-order valence-electron chi connectivity index (χ3n) is 0.618. The van der Waals surface area contributed by atoms with Gasteiger partial charge in [-0.1, -0.05) is 13.0 Å². The summed E-state index contributed by atoms with van der Waals surface area (Å²) in [7, 11) is -3.80. The lowest BCUT2D eigenvalue weighted by atomic mass is 10.6. The first-order chi connectivity index (χ1) is 5.33. The molecule has 0 saturated carbocycles. The fraction of sp³-hybridized carbons (Fsp3) is 0.667. The molecule has 4 nitrogen and oxygen atoms in total. The zero-order valence-corrected chi connectivity index (χ0v) is 8.68. The van der Waals surface area contributed by atoms with E-state index >= 15 is 0 Å². The molecule has 3 N–H and O–H groups in total. The van der Waals surface area contributed by atoms with Crippen LogP contribution in [0.1, 0.15) is 6.92 Å². The van der Waals surface area contributed by atoms with Crippen molar-refractivity contribution in [2.24, 2.45) is 5.73 Å². The third kappa shape index (κ3) is 22.5. The molecule has 0 spiro atoms. The SMILES string of the molecule is C=CCN.CC(S)CS(=O)(=O)O. The van der Waals surface area contributed by atoms with Crippen molar-refractivity contribution in [1.29, 1.82) is 0 Å². The number of rotatable bonds is 3. The summed E-state index contributed by atoms with van der Waals surface area (Å²) in [6.07, 6.45) is 1.65. The topological polar surface area (TPSA) is 80.4 Å². The molecule has 0 aliphatic rings.